The van der Waals surface area contributed by atoms with Crippen LogP contribution in [0, 0.1) is 12.7 Å². The molecule has 1 aromatic carbocycles. The van der Waals surface area contributed by atoms with Crippen molar-refractivity contribution in [3.63, 3.8) is 0 Å². The number of carbonyl (C=O) groups is 1. The summed E-state index contributed by atoms with van der Waals surface area (Å²) in [6, 6.07) is 5.90. The number of hydrogen-bond donors (Lipinski definition) is 1. The van der Waals surface area contributed by atoms with E-state index < -0.39 is 0 Å². The Morgan fingerprint density at radius 1 is 1.36 bits per heavy atom. The van der Waals surface area contributed by atoms with Gasteiger partial charge in [-0.2, -0.15) is 0 Å². The first-order chi connectivity index (χ1) is 12.1. The molecule has 0 radical (unpaired) electrons. The van der Waals surface area contributed by atoms with Crippen LogP contribution in [0.5, 0.6) is 0 Å². The van der Waals surface area contributed by atoms with Crippen molar-refractivity contribution < 1.29 is 9.18 Å². The van der Waals surface area contributed by atoms with Gasteiger partial charge in [0.25, 0.3) is 0 Å². The van der Waals surface area contributed by atoms with E-state index in [4.69, 9.17) is 0 Å². The molecule has 25 heavy (non-hydrogen) atoms. The lowest BCUT2D eigenvalue weighted by Crippen LogP contribution is -2.14. The highest BCUT2D eigenvalue weighted by Gasteiger charge is 2.22. The van der Waals surface area contributed by atoms with Crippen molar-refractivity contribution >= 4 is 44.9 Å². The van der Waals surface area contributed by atoms with Crippen molar-refractivity contribution in [2.75, 3.05) is 11.1 Å². The summed E-state index contributed by atoms with van der Waals surface area (Å²) in [5, 5.41) is 4.71. The van der Waals surface area contributed by atoms with Gasteiger partial charge in [-0.25, -0.2) is 14.4 Å². The SMILES string of the molecule is Cc1nc(SCC(=O)Nc2cccc(F)c2)c2c3c(sc2n1)CCC3. The summed E-state index contributed by atoms with van der Waals surface area (Å²) < 4.78 is 13.2. The van der Waals surface area contributed by atoms with Gasteiger partial charge in [-0.3, -0.25) is 4.79 Å². The zero-order chi connectivity index (χ0) is 17.4. The summed E-state index contributed by atoms with van der Waals surface area (Å²) in [4.78, 5) is 23.7. The van der Waals surface area contributed by atoms with E-state index in [1.54, 1.807) is 23.5 Å². The molecule has 0 atom stereocenters. The minimum Gasteiger partial charge on any atom is -0.325 e. The predicted octanol–water partition coefficient (Wildman–Crippen LogP) is 4.36. The molecule has 0 bridgehead atoms. The Balaban J connectivity index is 1.53. The summed E-state index contributed by atoms with van der Waals surface area (Å²) >= 11 is 3.16. The van der Waals surface area contributed by atoms with Gasteiger partial charge in [0.1, 0.15) is 21.5 Å². The van der Waals surface area contributed by atoms with E-state index in [0.29, 0.717) is 5.69 Å². The minimum absolute atomic E-state index is 0.174. The summed E-state index contributed by atoms with van der Waals surface area (Å²) in [5.41, 5.74) is 1.82. The summed E-state index contributed by atoms with van der Waals surface area (Å²) in [6.07, 6.45) is 3.35. The number of aromatic nitrogens is 2. The second-order valence-corrected chi connectivity index (χ2v) is 8.01. The average Bonchev–Trinajstić information content (AvgIpc) is 3.13. The van der Waals surface area contributed by atoms with Gasteiger partial charge >= 0.3 is 0 Å². The molecule has 4 rings (SSSR count). The van der Waals surface area contributed by atoms with Crippen LogP contribution in [-0.4, -0.2) is 21.6 Å². The number of rotatable bonds is 4. The fraction of sp³-hybridized carbons (Fsp3) is 0.278. The molecule has 4 nitrogen and oxygen atoms in total. The Labute approximate surface area is 152 Å². The number of fused-ring (bicyclic) bond motifs is 3. The first-order valence-corrected chi connectivity index (χ1v) is 9.87. The molecule has 2 aromatic heterocycles. The maximum atomic E-state index is 13.2. The lowest BCUT2D eigenvalue weighted by molar-refractivity contribution is -0.113. The van der Waals surface area contributed by atoms with Gasteiger partial charge in [-0.1, -0.05) is 17.8 Å². The lowest BCUT2D eigenvalue weighted by Gasteiger charge is -2.07. The van der Waals surface area contributed by atoms with Gasteiger partial charge < -0.3 is 5.32 Å². The van der Waals surface area contributed by atoms with Crippen LogP contribution in [0.4, 0.5) is 10.1 Å². The van der Waals surface area contributed by atoms with Crippen LogP contribution in [0.1, 0.15) is 22.7 Å². The number of nitrogens with zero attached hydrogens (tertiary/aromatic N) is 2. The molecular formula is C18H16FN3OS2. The molecule has 0 fully saturated rings. The second kappa shape index (κ2) is 6.72. The molecule has 2 heterocycles. The van der Waals surface area contributed by atoms with E-state index in [9.17, 15) is 9.18 Å². The molecule has 0 spiro atoms. The first-order valence-electron chi connectivity index (χ1n) is 8.07. The quantitative estimate of drug-likeness (QED) is 0.545. The molecule has 0 saturated heterocycles. The molecule has 0 unspecified atom stereocenters. The number of nitrogens with one attached hydrogen (secondary N) is 1. The van der Waals surface area contributed by atoms with E-state index >= 15 is 0 Å². The highest BCUT2D eigenvalue weighted by atomic mass is 32.2. The highest BCUT2D eigenvalue weighted by molar-refractivity contribution is 8.00. The van der Waals surface area contributed by atoms with Crippen molar-refractivity contribution in [2.24, 2.45) is 0 Å². The molecule has 1 aliphatic rings. The Morgan fingerprint density at radius 2 is 2.24 bits per heavy atom. The number of amides is 1. The molecule has 3 aromatic rings. The third kappa shape index (κ3) is 3.39. The third-order valence-corrected chi connectivity index (χ3v) is 6.25. The topological polar surface area (TPSA) is 54.9 Å². The maximum Gasteiger partial charge on any atom is 0.234 e. The van der Waals surface area contributed by atoms with Crippen LogP contribution in [0.2, 0.25) is 0 Å². The number of anilines is 1. The normalized spacial score (nSPS) is 13.2. The number of thioether (sulfide) groups is 1. The molecular weight excluding hydrogens is 357 g/mol. The summed E-state index contributed by atoms with van der Waals surface area (Å²) in [6.45, 7) is 1.88. The van der Waals surface area contributed by atoms with Gasteiger partial charge in [-0.05, 0) is 49.9 Å². The van der Waals surface area contributed by atoms with Gasteiger partial charge in [0, 0.05) is 16.0 Å². The van der Waals surface area contributed by atoms with Crippen molar-refractivity contribution in [2.45, 2.75) is 31.2 Å². The van der Waals surface area contributed by atoms with Crippen molar-refractivity contribution in [3.05, 3.63) is 46.3 Å². The van der Waals surface area contributed by atoms with Crippen LogP contribution in [0.25, 0.3) is 10.2 Å². The van der Waals surface area contributed by atoms with Crippen LogP contribution < -0.4 is 5.32 Å². The van der Waals surface area contributed by atoms with Crippen molar-refractivity contribution in [1.82, 2.24) is 9.97 Å². The lowest BCUT2D eigenvalue weighted by atomic mass is 10.2. The van der Waals surface area contributed by atoms with E-state index in [1.165, 1.54) is 40.8 Å². The summed E-state index contributed by atoms with van der Waals surface area (Å²) in [7, 11) is 0. The van der Waals surface area contributed by atoms with Crippen molar-refractivity contribution in [1.29, 1.82) is 0 Å². The van der Waals surface area contributed by atoms with E-state index in [2.05, 4.69) is 15.3 Å². The molecule has 1 N–H and O–H groups in total. The predicted molar refractivity (Wildman–Crippen MR) is 99.9 cm³/mol. The van der Waals surface area contributed by atoms with E-state index in [1.807, 2.05) is 6.92 Å². The molecule has 7 heteroatoms. The van der Waals surface area contributed by atoms with Crippen LogP contribution in [0.3, 0.4) is 0 Å². The number of aryl methyl sites for hydroxylation is 3. The molecule has 1 aliphatic carbocycles. The monoisotopic (exact) mass is 373 g/mol. The van der Waals surface area contributed by atoms with Crippen LogP contribution >= 0.6 is 23.1 Å². The zero-order valence-corrected chi connectivity index (χ0v) is 15.3. The number of halogens is 1. The largest absolute Gasteiger partial charge is 0.325 e. The fourth-order valence-corrected chi connectivity index (χ4v) is 5.34. The number of hydrogen-bond acceptors (Lipinski definition) is 5. The average molecular weight is 373 g/mol. The van der Waals surface area contributed by atoms with Gasteiger partial charge in [-0.15, -0.1) is 11.3 Å². The Bertz CT molecular complexity index is 970. The molecule has 0 aliphatic heterocycles. The smallest absolute Gasteiger partial charge is 0.234 e. The maximum absolute atomic E-state index is 13.2. The first kappa shape index (κ1) is 16.5. The highest BCUT2D eigenvalue weighted by Crippen LogP contribution is 2.40. The standard InChI is InChI=1S/C18H16FN3OS2/c1-10-20-17(16-13-6-3-7-14(13)25-18(16)21-10)24-9-15(23)22-12-5-2-4-11(19)8-12/h2,4-5,8H,3,6-7,9H2,1H3,(H,22,23). The van der Waals surface area contributed by atoms with Gasteiger partial charge in [0.15, 0.2) is 0 Å². The third-order valence-electron chi connectivity index (χ3n) is 4.09. The fourth-order valence-electron chi connectivity index (χ4n) is 3.07. The Kier molecular flexibility index (Phi) is 4.43. The Morgan fingerprint density at radius 3 is 3.08 bits per heavy atom. The van der Waals surface area contributed by atoms with Crippen LogP contribution in [-0.2, 0) is 17.6 Å². The summed E-state index contributed by atoms with van der Waals surface area (Å²) in [5.74, 6) is 0.409. The molecule has 128 valence electrons. The van der Waals surface area contributed by atoms with E-state index in [-0.39, 0.29) is 17.5 Å². The Hall–Kier alpha value is -1.99. The van der Waals surface area contributed by atoms with Crippen molar-refractivity contribution in [3.8, 4) is 0 Å². The second-order valence-electron chi connectivity index (χ2n) is 5.96. The number of thiophene rings is 1. The molecule has 1 amide bonds. The van der Waals surface area contributed by atoms with Gasteiger partial charge in [0.05, 0.1) is 5.75 Å². The molecule has 0 saturated carbocycles. The van der Waals surface area contributed by atoms with Gasteiger partial charge in [0.2, 0.25) is 5.91 Å². The number of carbonyl (C=O) groups excluding carboxylic acids is 1. The number of benzene rings is 1. The zero-order valence-electron chi connectivity index (χ0n) is 13.6. The van der Waals surface area contributed by atoms with E-state index in [0.717, 1.165) is 33.9 Å². The minimum atomic E-state index is -0.368. The van der Waals surface area contributed by atoms with Crippen LogP contribution in [0.15, 0.2) is 29.3 Å².